The van der Waals surface area contributed by atoms with E-state index in [0.717, 1.165) is 23.4 Å². The molecule has 0 bridgehead atoms. The van der Waals surface area contributed by atoms with Crippen molar-refractivity contribution in [2.24, 2.45) is 5.92 Å². The number of nitrogens with one attached hydrogen (secondary N) is 2. The minimum atomic E-state index is -0.210. The predicted molar refractivity (Wildman–Crippen MR) is 123 cm³/mol. The van der Waals surface area contributed by atoms with E-state index in [9.17, 15) is 4.79 Å². The largest absolute Gasteiger partial charge is 0.497 e. The maximum atomic E-state index is 13.0. The van der Waals surface area contributed by atoms with Crippen molar-refractivity contribution < 1.29 is 14.3 Å². The van der Waals surface area contributed by atoms with Crippen LogP contribution in [0.25, 0.3) is 11.3 Å². The number of aromatic nitrogens is 1. The molecule has 1 amide bonds. The summed E-state index contributed by atoms with van der Waals surface area (Å²) >= 11 is 0. The summed E-state index contributed by atoms with van der Waals surface area (Å²) in [7, 11) is 3.28. The molecule has 0 unspecified atom stereocenters. The standard InChI is InChI=1S/C25H27N3O3/c1-30-16-18-5-3-6-19(13-18)23-12-11-22(24(28-23)26-15-17-9-10-17)25(29)27-20-7-4-8-21(14-20)31-2/h3-8,11-14,17H,9-10,15-16H2,1-2H3,(H,26,28)(H,27,29). The van der Waals surface area contributed by atoms with Crippen LogP contribution in [0.15, 0.2) is 60.7 Å². The summed E-state index contributed by atoms with van der Waals surface area (Å²) in [5.74, 6) is 1.74. The van der Waals surface area contributed by atoms with Crippen molar-refractivity contribution in [1.29, 1.82) is 0 Å². The van der Waals surface area contributed by atoms with E-state index in [4.69, 9.17) is 14.5 Å². The first-order chi connectivity index (χ1) is 15.2. The molecule has 3 aromatic rings. The topological polar surface area (TPSA) is 72.5 Å². The Morgan fingerprint density at radius 1 is 1.06 bits per heavy atom. The van der Waals surface area contributed by atoms with E-state index in [-0.39, 0.29) is 5.91 Å². The van der Waals surface area contributed by atoms with Gasteiger partial charge in [-0.2, -0.15) is 0 Å². The third kappa shape index (κ3) is 5.41. The van der Waals surface area contributed by atoms with Gasteiger partial charge >= 0.3 is 0 Å². The van der Waals surface area contributed by atoms with Crippen LogP contribution in [0.4, 0.5) is 11.5 Å². The molecule has 4 rings (SSSR count). The fraction of sp³-hybridized carbons (Fsp3) is 0.280. The van der Waals surface area contributed by atoms with E-state index < -0.39 is 0 Å². The number of nitrogens with zero attached hydrogens (tertiary/aromatic N) is 1. The monoisotopic (exact) mass is 417 g/mol. The van der Waals surface area contributed by atoms with Crippen molar-refractivity contribution in [2.45, 2.75) is 19.4 Å². The molecule has 31 heavy (non-hydrogen) atoms. The highest BCUT2D eigenvalue weighted by Crippen LogP contribution is 2.30. The second-order valence-electron chi connectivity index (χ2n) is 7.74. The lowest BCUT2D eigenvalue weighted by atomic mass is 10.1. The summed E-state index contributed by atoms with van der Waals surface area (Å²) in [5, 5.41) is 6.34. The van der Waals surface area contributed by atoms with Crippen molar-refractivity contribution in [1.82, 2.24) is 4.98 Å². The van der Waals surface area contributed by atoms with Crippen LogP contribution < -0.4 is 15.4 Å². The Hall–Kier alpha value is -3.38. The van der Waals surface area contributed by atoms with Gasteiger partial charge < -0.3 is 20.1 Å². The summed E-state index contributed by atoms with van der Waals surface area (Å²) in [6, 6.07) is 19.1. The molecule has 0 saturated heterocycles. The van der Waals surface area contributed by atoms with Gasteiger partial charge in [-0.15, -0.1) is 0 Å². The van der Waals surface area contributed by atoms with Crippen molar-refractivity contribution in [3.8, 4) is 17.0 Å². The van der Waals surface area contributed by atoms with Crippen LogP contribution in [0.2, 0.25) is 0 Å². The van der Waals surface area contributed by atoms with Crippen molar-refractivity contribution in [3.05, 3.63) is 71.8 Å². The number of hydrogen-bond acceptors (Lipinski definition) is 5. The molecule has 6 heteroatoms. The van der Waals surface area contributed by atoms with E-state index in [1.165, 1.54) is 12.8 Å². The fourth-order valence-corrected chi connectivity index (χ4v) is 3.39. The lowest BCUT2D eigenvalue weighted by Crippen LogP contribution is -2.17. The van der Waals surface area contributed by atoms with E-state index >= 15 is 0 Å². The SMILES string of the molecule is COCc1cccc(-c2ccc(C(=O)Nc3cccc(OC)c3)c(NCC3CC3)n2)c1. The van der Waals surface area contributed by atoms with Crippen molar-refractivity contribution in [2.75, 3.05) is 31.4 Å². The van der Waals surface area contributed by atoms with E-state index in [1.807, 2.05) is 48.5 Å². The Morgan fingerprint density at radius 2 is 1.90 bits per heavy atom. The number of carbonyl (C=O) groups is 1. The van der Waals surface area contributed by atoms with Crippen LogP contribution in [0, 0.1) is 5.92 Å². The molecular weight excluding hydrogens is 390 g/mol. The minimum Gasteiger partial charge on any atom is -0.497 e. The molecule has 160 valence electrons. The van der Waals surface area contributed by atoms with Crippen LogP contribution in [-0.4, -0.2) is 31.7 Å². The minimum absolute atomic E-state index is 0.210. The van der Waals surface area contributed by atoms with Gasteiger partial charge in [0.05, 0.1) is 25.0 Å². The maximum Gasteiger partial charge on any atom is 0.259 e. The molecule has 1 aromatic heterocycles. The smallest absolute Gasteiger partial charge is 0.259 e. The summed E-state index contributed by atoms with van der Waals surface area (Å²) < 4.78 is 10.5. The van der Waals surface area contributed by atoms with Crippen LogP contribution in [0.5, 0.6) is 5.75 Å². The van der Waals surface area contributed by atoms with Gasteiger partial charge in [0.1, 0.15) is 11.6 Å². The van der Waals surface area contributed by atoms with Gasteiger partial charge in [0.15, 0.2) is 0 Å². The average molecular weight is 418 g/mol. The van der Waals surface area contributed by atoms with Gasteiger partial charge in [-0.3, -0.25) is 4.79 Å². The Labute approximate surface area is 182 Å². The van der Waals surface area contributed by atoms with Crippen LogP contribution >= 0.6 is 0 Å². The molecule has 1 aliphatic rings. The number of amides is 1. The van der Waals surface area contributed by atoms with Crippen LogP contribution in [-0.2, 0) is 11.3 Å². The molecule has 0 spiro atoms. The van der Waals surface area contributed by atoms with Gasteiger partial charge in [0.2, 0.25) is 0 Å². The zero-order valence-corrected chi connectivity index (χ0v) is 17.9. The fourth-order valence-electron chi connectivity index (χ4n) is 3.39. The van der Waals surface area contributed by atoms with Crippen molar-refractivity contribution in [3.63, 3.8) is 0 Å². The molecule has 1 fully saturated rings. The second-order valence-corrected chi connectivity index (χ2v) is 7.74. The summed E-state index contributed by atoms with van der Waals surface area (Å²) in [6.45, 7) is 1.36. The zero-order chi connectivity index (χ0) is 21.6. The quantitative estimate of drug-likeness (QED) is 0.514. The van der Waals surface area contributed by atoms with Gasteiger partial charge in [-0.05, 0) is 54.7 Å². The number of pyridine rings is 1. The van der Waals surface area contributed by atoms with Crippen LogP contribution in [0.1, 0.15) is 28.8 Å². The number of carbonyl (C=O) groups excluding carboxylic acids is 1. The Bertz CT molecular complexity index is 1060. The number of rotatable bonds is 9. The van der Waals surface area contributed by atoms with Gasteiger partial charge in [0, 0.05) is 31.0 Å². The Kier molecular flexibility index (Phi) is 6.48. The third-order valence-corrected chi connectivity index (χ3v) is 5.26. The number of hydrogen-bond donors (Lipinski definition) is 2. The molecule has 1 aliphatic carbocycles. The summed E-state index contributed by atoms with van der Waals surface area (Å²) in [6.07, 6.45) is 2.44. The van der Waals surface area contributed by atoms with E-state index in [2.05, 4.69) is 16.7 Å². The number of methoxy groups -OCH3 is 2. The highest BCUT2D eigenvalue weighted by atomic mass is 16.5. The summed E-state index contributed by atoms with van der Waals surface area (Å²) in [5.41, 5.74) is 4.07. The lowest BCUT2D eigenvalue weighted by molar-refractivity contribution is 0.102. The molecule has 1 saturated carbocycles. The molecule has 2 N–H and O–H groups in total. The Morgan fingerprint density at radius 3 is 2.68 bits per heavy atom. The highest BCUT2D eigenvalue weighted by Gasteiger charge is 2.22. The van der Waals surface area contributed by atoms with E-state index in [0.29, 0.717) is 35.3 Å². The summed E-state index contributed by atoms with van der Waals surface area (Å²) in [4.78, 5) is 17.8. The van der Waals surface area contributed by atoms with Crippen molar-refractivity contribution >= 4 is 17.4 Å². The Balaban J connectivity index is 1.61. The molecule has 0 atom stereocenters. The van der Waals surface area contributed by atoms with Gasteiger partial charge in [0.25, 0.3) is 5.91 Å². The zero-order valence-electron chi connectivity index (χ0n) is 17.9. The first-order valence-corrected chi connectivity index (χ1v) is 10.4. The van der Waals surface area contributed by atoms with E-state index in [1.54, 1.807) is 20.3 Å². The number of anilines is 2. The predicted octanol–water partition coefficient (Wildman–Crippen LogP) is 4.98. The number of benzene rings is 2. The maximum absolute atomic E-state index is 13.0. The molecule has 1 heterocycles. The van der Waals surface area contributed by atoms with Gasteiger partial charge in [-0.25, -0.2) is 4.98 Å². The molecular formula is C25H27N3O3. The third-order valence-electron chi connectivity index (χ3n) is 5.26. The molecule has 0 aliphatic heterocycles. The normalized spacial score (nSPS) is 13.0. The average Bonchev–Trinajstić information content (AvgIpc) is 3.62. The molecule has 0 radical (unpaired) electrons. The molecule has 2 aromatic carbocycles. The first kappa shape index (κ1) is 20.9. The number of ether oxygens (including phenoxy) is 2. The second kappa shape index (κ2) is 9.62. The lowest BCUT2D eigenvalue weighted by Gasteiger charge is -2.14. The molecule has 6 nitrogen and oxygen atoms in total. The van der Waals surface area contributed by atoms with Gasteiger partial charge in [-0.1, -0.05) is 24.3 Å². The highest BCUT2D eigenvalue weighted by molar-refractivity contribution is 6.07. The first-order valence-electron chi connectivity index (χ1n) is 10.4. The van der Waals surface area contributed by atoms with Crippen LogP contribution in [0.3, 0.4) is 0 Å².